The van der Waals surface area contributed by atoms with Crippen molar-refractivity contribution in [1.82, 2.24) is 5.32 Å². The molecule has 17 heavy (non-hydrogen) atoms. The van der Waals surface area contributed by atoms with Gasteiger partial charge < -0.3 is 14.8 Å². The first-order chi connectivity index (χ1) is 8.33. The lowest BCUT2D eigenvalue weighted by molar-refractivity contribution is -0.0874. The summed E-state index contributed by atoms with van der Waals surface area (Å²) in [4.78, 5) is 0. The molecular weight excluding hydrogens is 214 g/mol. The Morgan fingerprint density at radius 3 is 2.88 bits per heavy atom. The van der Waals surface area contributed by atoms with Gasteiger partial charge in [0.2, 0.25) is 0 Å². The van der Waals surface area contributed by atoms with Crippen molar-refractivity contribution in [2.24, 2.45) is 17.8 Å². The minimum Gasteiger partial charge on any atom is -0.376 e. The minimum atomic E-state index is 0.250. The number of fused-ring (bicyclic) bond motifs is 2. The molecule has 3 rings (SSSR count). The maximum absolute atomic E-state index is 5.65. The molecule has 0 spiro atoms. The number of hydrogen-bond donors (Lipinski definition) is 1. The van der Waals surface area contributed by atoms with E-state index in [0.29, 0.717) is 6.04 Å². The number of allylic oxidation sites excluding steroid dienone is 2. The van der Waals surface area contributed by atoms with E-state index in [1.165, 1.54) is 12.8 Å². The van der Waals surface area contributed by atoms with Crippen LogP contribution in [0.4, 0.5) is 0 Å². The van der Waals surface area contributed by atoms with Gasteiger partial charge in [-0.25, -0.2) is 0 Å². The van der Waals surface area contributed by atoms with E-state index in [9.17, 15) is 0 Å². The summed E-state index contributed by atoms with van der Waals surface area (Å²) < 4.78 is 11.1. The second kappa shape index (κ2) is 5.09. The molecule has 1 N–H and O–H groups in total. The van der Waals surface area contributed by atoms with Crippen LogP contribution >= 0.6 is 0 Å². The molecule has 2 aliphatic carbocycles. The second-order valence-corrected chi connectivity index (χ2v) is 5.71. The van der Waals surface area contributed by atoms with E-state index in [1.807, 2.05) is 0 Å². The van der Waals surface area contributed by atoms with E-state index in [2.05, 4.69) is 24.4 Å². The Kier molecular flexibility index (Phi) is 3.50. The molecule has 3 aliphatic rings. The first-order valence-corrected chi connectivity index (χ1v) is 6.94. The van der Waals surface area contributed by atoms with Crippen LogP contribution in [0, 0.1) is 17.8 Å². The molecule has 2 fully saturated rings. The van der Waals surface area contributed by atoms with Crippen LogP contribution in [-0.2, 0) is 9.47 Å². The molecule has 1 saturated carbocycles. The Bertz CT molecular complexity index is 286. The summed E-state index contributed by atoms with van der Waals surface area (Å²) in [6.45, 7) is 5.50. The summed E-state index contributed by atoms with van der Waals surface area (Å²) in [5, 5.41) is 3.64. The minimum absolute atomic E-state index is 0.250. The molecule has 1 saturated heterocycles. The highest BCUT2D eigenvalue weighted by Gasteiger charge is 2.38. The molecule has 0 aromatic heterocycles. The summed E-state index contributed by atoms with van der Waals surface area (Å²) in [6, 6.07) is 0.598. The highest BCUT2D eigenvalue weighted by Crippen LogP contribution is 2.44. The van der Waals surface area contributed by atoms with Gasteiger partial charge >= 0.3 is 0 Å². The summed E-state index contributed by atoms with van der Waals surface area (Å²) in [6.07, 6.45) is 7.85. The van der Waals surface area contributed by atoms with E-state index in [0.717, 1.165) is 44.1 Å². The first-order valence-electron chi connectivity index (χ1n) is 6.94. The molecule has 96 valence electrons. The molecule has 0 radical (unpaired) electrons. The van der Waals surface area contributed by atoms with Crippen LogP contribution in [0.15, 0.2) is 12.2 Å². The van der Waals surface area contributed by atoms with Gasteiger partial charge in [-0.3, -0.25) is 0 Å². The molecule has 1 heterocycles. The van der Waals surface area contributed by atoms with Gasteiger partial charge in [0.25, 0.3) is 0 Å². The van der Waals surface area contributed by atoms with Gasteiger partial charge in [-0.1, -0.05) is 12.2 Å². The predicted octanol–water partition coefficient (Wildman–Crippen LogP) is 1.59. The molecule has 1 aliphatic heterocycles. The Labute approximate surface area is 104 Å². The standard InChI is InChI=1S/C14H23NO2/c1-10(14-7-11-2-3-12(14)6-11)15-8-13-9-16-4-5-17-13/h2-3,10-15H,4-9H2,1H3. The third-order valence-electron chi connectivity index (χ3n) is 4.52. The number of hydrogen-bond acceptors (Lipinski definition) is 3. The van der Waals surface area contributed by atoms with Crippen molar-refractivity contribution in [2.75, 3.05) is 26.4 Å². The zero-order chi connectivity index (χ0) is 11.7. The first kappa shape index (κ1) is 11.7. The van der Waals surface area contributed by atoms with E-state index in [4.69, 9.17) is 9.47 Å². The maximum Gasteiger partial charge on any atom is 0.0933 e. The normalized spacial score (nSPS) is 41.9. The molecule has 5 atom stereocenters. The molecule has 5 unspecified atom stereocenters. The average molecular weight is 237 g/mol. The summed E-state index contributed by atoms with van der Waals surface area (Å²) >= 11 is 0. The Morgan fingerprint density at radius 2 is 2.24 bits per heavy atom. The molecule has 3 nitrogen and oxygen atoms in total. The van der Waals surface area contributed by atoms with Crippen LogP contribution < -0.4 is 5.32 Å². The predicted molar refractivity (Wildman–Crippen MR) is 66.9 cm³/mol. The van der Waals surface area contributed by atoms with E-state index < -0.39 is 0 Å². The van der Waals surface area contributed by atoms with Gasteiger partial charge in [-0.2, -0.15) is 0 Å². The summed E-state index contributed by atoms with van der Waals surface area (Å²) in [5.74, 6) is 2.52. The van der Waals surface area contributed by atoms with E-state index in [1.54, 1.807) is 0 Å². The third-order valence-corrected chi connectivity index (χ3v) is 4.52. The zero-order valence-electron chi connectivity index (χ0n) is 10.6. The molecule has 2 bridgehead atoms. The quantitative estimate of drug-likeness (QED) is 0.753. The smallest absolute Gasteiger partial charge is 0.0933 e. The number of nitrogens with one attached hydrogen (secondary N) is 1. The van der Waals surface area contributed by atoms with Gasteiger partial charge in [-0.15, -0.1) is 0 Å². The van der Waals surface area contributed by atoms with Crippen molar-refractivity contribution < 1.29 is 9.47 Å². The van der Waals surface area contributed by atoms with Crippen LogP contribution in [0.5, 0.6) is 0 Å². The van der Waals surface area contributed by atoms with E-state index in [-0.39, 0.29) is 6.10 Å². The largest absolute Gasteiger partial charge is 0.376 e. The highest BCUT2D eigenvalue weighted by atomic mass is 16.6. The highest BCUT2D eigenvalue weighted by molar-refractivity contribution is 5.11. The Balaban J connectivity index is 1.44. The van der Waals surface area contributed by atoms with Gasteiger partial charge in [0.05, 0.1) is 25.9 Å². The Morgan fingerprint density at radius 1 is 1.29 bits per heavy atom. The van der Waals surface area contributed by atoms with Gasteiger partial charge in [0, 0.05) is 12.6 Å². The zero-order valence-corrected chi connectivity index (χ0v) is 10.6. The number of rotatable bonds is 4. The number of ether oxygens (including phenoxy) is 2. The fourth-order valence-corrected chi connectivity index (χ4v) is 3.52. The SMILES string of the molecule is CC(NCC1COCCO1)C1CC2C=CC1C2. The molecular formula is C14H23NO2. The van der Waals surface area contributed by atoms with Crippen molar-refractivity contribution >= 4 is 0 Å². The van der Waals surface area contributed by atoms with Crippen molar-refractivity contribution in [2.45, 2.75) is 31.9 Å². The maximum atomic E-state index is 5.65. The monoisotopic (exact) mass is 237 g/mol. The third kappa shape index (κ3) is 2.56. The summed E-state index contributed by atoms with van der Waals surface area (Å²) in [7, 11) is 0. The van der Waals surface area contributed by atoms with E-state index >= 15 is 0 Å². The van der Waals surface area contributed by atoms with Gasteiger partial charge in [0.15, 0.2) is 0 Å². The molecule has 0 amide bonds. The van der Waals surface area contributed by atoms with Crippen LogP contribution in [0.25, 0.3) is 0 Å². The lowest BCUT2D eigenvalue weighted by Crippen LogP contribution is -2.43. The lowest BCUT2D eigenvalue weighted by Gasteiger charge is -2.29. The van der Waals surface area contributed by atoms with Crippen LogP contribution in [-0.4, -0.2) is 38.5 Å². The fraction of sp³-hybridized carbons (Fsp3) is 0.857. The van der Waals surface area contributed by atoms with Crippen molar-refractivity contribution in [3.63, 3.8) is 0 Å². The fourth-order valence-electron chi connectivity index (χ4n) is 3.52. The van der Waals surface area contributed by atoms with Crippen LogP contribution in [0.2, 0.25) is 0 Å². The van der Waals surface area contributed by atoms with Gasteiger partial charge in [-0.05, 0) is 37.5 Å². The van der Waals surface area contributed by atoms with Crippen molar-refractivity contribution in [3.8, 4) is 0 Å². The van der Waals surface area contributed by atoms with Crippen LogP contribution in [0.3, 0.4) is 0 Å². The van der Waals surface area contributed by atoms with Crippen molar-refractivity contribution in [3.05, 3.63) is 12.2 Å². The van der Waals surface area contributed by atoms with Crippen LogP contribution in [0.1, 0.15) is 19.8 Å². The second-order valence-electron chi connectivity index (χ2n) is 5.71. The summed E-state index contributed by atoms with van der Waals surface area (Å²) in [5.41, 5.74) is 0. The Hall–Kier alpha value is -0.380. The average Bonchev–Trinajstić information content (AvgIpc) is 2.99. The molecule has 0 aromatic rings. The molecule has 0 aromatic carbocycles. The topological polar surface area (TPSA) is 30.5 Å². The lowest BCUT2D eigenvalue weighted by atomic mass is 9.87. The molecule has 3 heteroatoms. The van der Waals surface area contributed by atoms with Gasteiger partial charge in [0.1, 0.15) is 0 Å². The van der Waals surface area contributed by atoms with Crippen molar-refractivity contribution in [1.29, 1.82) is 0 Å².